The largest absolute Gasteiger partial charge is 0.256 e. The number of pyridine rings is 1. The van der Waals surface area contributed by atoms with Gasteiger partial charge in [0.25, 0.3) is 0 Å². The van der Waals surface area contributed by atoms with Crippen molar-refractivity contribution >= 4 is 21.4 Å². The Morgan fingerprint density at radius 2 is 1.81 bits per heavy atom. The van der Waals surface area contributed by atoms with Crippen LogP contribution in [0.4, 0.5) is 0 Å². The van der Waals surface area contributed by atoms with Crippen molar-refractivity contribution in [3.63, 3.8) is 0 Å². The van der Waals surface area contributed by atoms with E-state index in [2.05, 4.69) is 30.5 Å². The fourth-order valence-electron chi connectivity index (χ4n) is 2.63. The van der Waals surface area contributed by atoms with Crippen LogP contribution in [-0.4, -0.2) is 13.4 Å². The molecule has 2 aromatic heterocycles. The number of hydrogen-bond acceptors (Lipinski definition) is 4. The summed E-state index contributed by atoms with van der Waals surface area (Å²) in [6, 6.07) is 12.8. The second-order valence-corrected chi connectivity index (χ2v) is 9.67. The molecule has 0 bridgehead atoms. The van der Waals surface area contributed by atoms with Gasteiger partial charge in [0.1, 0.15) is 0 Å². The summed E-state index contributed by atoms with van der Waals surface area (Å²) in [6.45, 7) is 6.50. The highest BCUT2D eigenvalue weighted by Crippen LogP contribution is 2.25. The van der Waals surface area contributed by atoms with Crippen molar-refractivity contribution in [2.45, 2.75) is 37.6 Å². The van der Waals surface area contributed by atoms with Gasteiger partial charge >= 0.3 is 0 Å². The maximum atomic E-state index is 12.6. The van der Waals surface area contributed by atoms with Gasteiger partial charge in [0.05, 0.1) is 10.6 Å². The summed E-state index contributed by atoms with van der Waals surface area (Å²) in [5, 5.41) is 3.99. The van der Waals surface area contributed by atoms with Crippen molar-refractivity contribution < 1.29 is 8.42 Å². The smallest absolute Gasteiger partial charge is 0.240 e. The van der Waals surface area contributed by atoms with Gasteiger partial charge in [-0.1, -0.05) is 39.0 Å². The van der Waals surface area contributed by atoms with Crippen LogP contribution in [0.2, 0.25) is 0 Å². The van der Waals surface area contributed by atoms with E-state index in [4.69, 9.17) is 0 Å². The molecule has 2 heterocycles. The van der Waals surface area contributed by atoms with E-state index in [0.717, 1.165) is 22.4 Å². The zero-order chi connectivity index (χ0) is 18.8. The minimum Gasteiger partial charge on any atom is -0.256 e. The van der Waals surface area contributed by atoms with E-state index < -0.39 is 10.0 Å². The molecule has 6 heteroatoms. The molecule has 0 aliphatic rings. The van der Waals surface area contributed by atoms with Crippen molar-refractivity contribution in [3.8, 4) is 11.3 Å². The molecule has 0 atom stereocenters. The first-order valence-electron chi connectivity index (χ1n) is 8.34. The highest BCUT2D eigenvalue weighted by molar-refractivity contribution is 7.89. The highest BCUT2D eigenvalue weighted by atomic mass is 32.2. The summed E-state index contributed by atoms with van der Waals surface area (Å²) in [6.07, 6.45) is 1.72. The summed E-state index contributed by atoms with van der Waals surface area (Å²) in [5.74, 6) is 0. The molecular weight excluding hydrogens is 364 g/mol. The average Bonchev–Trinajstić information content (AvgIpc) is 3.14. The number of thiophene rings is 1. The molecule has 0 fully saturated rings. The highest BCUT2D eigenvalue weighted by Gasteiger charge is 2.18. The van der Waals surface area contributed by atoms with Crippen LogP contribution in [-0.2, 0) is 22.0 Å². The quantitative estimate of drug-likeness (QED) is 0.698. The first kappa shape index (κ1) is 18.8. The van der Waals surface area contributed by atoms with Crippen LogP contribution in [0.1, 0.15) is 31.9 Å². The van der Waals surface area contributed by atoms with Crippen molar-refractivity contribution in [3.05, 3.63) is 70.5 Å². The summed E-state index contributed by atoms with van der Waals surface area (Å²) in [5.41, 5.74) is 3.74. The van der Waals surface area contributed by atoms with E-state index in [1.165, 1.54) is 0 Å². The first-order chi connectivity index (χ1) is 12.3. The minimum absolute atomic E-state index is 0.0130. The fraction of sp³-hybridized carbons (Fsp3) is 0.250. The van der Waals surface area contributed by atoms with Crippen molar-refractivity contribution in [1.29, 1.82) is 0 Å². The number of rotatable bonds is 5. The molecule has 0 spiro atoms. The third-order valence-corrected chi connectivity index (χ3v) is 6.27. The van der Waals surface area contributed by atoms with E-state index in [1.54, 1.807) is 29.7 Å². The average molecular weight is 387 g/mol. The van der Waals surface area contributed by atoms with E-state index in [1.807, 2.05) is 41.1 Å². The molecule has 136 valence electrons. The van der Waals surface area contributed by atoms with Gasteiger partial charge in [-0.2, -0.15) is 11.3 Å². The predicted octanol–water partition coefficient (Wildman–Crippen LogP) is 4.59. The lowest BCUT2D eigenvalue weighted by Gasteiger charge is -2.19. The Morgan fingerprint density at radius 1 is 1.08 bits per heavy atom. The van der Waals surface area contributed by atoms with Gasteiger partial charge < -0.3 is 0 Å². The first-order valence-corrected chi connectivity index (χ1v) is 10.8. The molecule has 1 aromatic carbocycles. The Bertz CT molecular complexity index is 971. The summed E-state index contributed by atoms with van der Waals surface area (Å²) >= 11 is 1.59. The molecule has 1 N–H and O–H groups in total. The second kappa shape index (κ2) is 7.31. The molecule has 0 saturated heterocycles. The van der Waals surface area contributed by atoms with Gasteiger partial charge in [-0.15, -0.1) is 0 Å². The lowest BCUT2D eigenvalue weighted by atomic mass is 9.87. The summed E-state index contributed by atoms with van der Waals surface area (Å²) in [4.78, 5) is 4.67. The molecule has 0 saturated carbocycles. The maximum absolute atomic E-state index is 12.6. The number of nitrogens with zero attached hydrogens (tertiary/aromatic N) is 1. The van der Waals surface area contributed by atoms with Gasteiger partial charge in [-0.25, -0.2) is 13.1 Å². The van der Waals surface area contributed by atoms with Gasteiger partial charge in [0.2, 0.25) is 10.0 Å². The Kier molecular flexibility index (Phi) is 5.27. The third-order valence-electron chi connectivity index (χ3n) is 4.17. The predicted molar refractivity (Wildman–Crippen MR) is 107 cm³/mol. The van der Waals surface area contributed by atoms with Crippen LogP contribution < -0.4 is 4.72 Å². The van der Waals surface area contributed by atoms with Crippen LogP contribution in [0.3, 0.4) is 0 Å². The van der Waals surface area contributed by atoms with E-state index in [0.29, 0.717) is 0 Å². The van der Waals surface area contributed by atoms with E-state index in [9.17, 15) is 8.42 Å². The van der Waals surface area contributed by atoms with Crippen LogP contribution in [0.5, 0.6) is 0 Å². The molecule has 3 rings (SSSR count). The Morgan fingerprint density at radius 3 is 2.42 bits per heavy atom. The van der Waals surface area contributed by atoms with Crippen LogP contribution in [0.15, 0.2) is 64.3 Å². The lowest BCUT2D eigenvalue weighted by molar-refractivity contribution is 0.578. The van der Waals surface area contributed by atoms with Crippen LogP contribution >= 0.6 is 11.3 Å². The molecule has 0 radical (unpaired) electrons. The number of aromatic nitrogens is 1. The SMILES string of the molecule is CC(C)(C)c1ccc(S(=O)(=O)NCc2cccnc2-c2ccsc2)cc1. The standard InChI is InChI=1S/C20H22N2O2S2/c1-20(2,3)17-6-8-18(9-7-17)26(23,24)22-13-15-5-4-11-21-19(15)16-10-12-25-14-16/h4-12,14,22H,13H2,1-3H3. The molecule has 3 aromatic rings. The summed E-state index contributed by atoms with van der Waals surface area (Å²) < 4.78 is 28.0. The van der Waals surface area contributed by atoms with E-state index >= 15 is 0 Å². The second-order valence-electron chi connectivity index (χ2n) is 7.12. The number of nitrogens with one attached hydrogen (secondary N) is 1. The zero-order valence-corrected chi connectivity index (χ0v) is 16.7. The van der Waals surface area contributed by atoms with Gasteiger partial charge in [-0.05, 0) is 46.2 Å². The summed E-state index contributed by atoms with van der Waals surface area (Å²) in [7, 11) is -3.58. The molecule has 0 amide bonds. The van der Waals surface area contributed by atoms with Gasteiger partial charge in [0, 0.05) is 23.7 Å². The topological polar surface area (TPSA) is 59.1 Å². The van der Waals surface area contributed by atoms with Crippen molar-refractivity contribution in [1.82, 2.24) is 9.71 Å². The van der Waals surface area contributed by atoms with Crippen molar-refractivity contribution in [2.75, 3.05) is 0 Å². The Labute approximate surface area is 159 Å². The monoisotopic (exact) mass is 386 g/mol. The molecule has 0 aliphatic heterocycles. The Balaban J connectivity index is 1.80. The maximum Gasteiger partial charge on any atom is 0.240 e. The molecule has 26 heavy (non-hydrogen) atoms. The molecule has 0 unspecified atom stereocenters. The molecule has 4 nitrogen and oxygen atoms in total. The van der Waals surface area contributed by atoms with Gasteiger partial charge in [0.15, 0.2) is 0 Å². The fourth-order valence-corrected chi connectivity index (χ4v) is 4.28. The Hall–Kier alpha value is -2.02. The number of hydrogen-bond donors (Lipinski definition) is 1. The lowest BCUT2D eigenvalue weighted by Crippen LogP contribution is -2.24. The normalized spacial score (nSPS) is 12.3. The van der Waals surface area contributed by atoms with Crippen LogP contribution in [0.25, 0.3) is 11.3 Å². The van der Waals surface area contributed by atoms with Gasteiger partial charge in [-0.3, -0.25) is 4.98 Å². The number of benzene rings is 1. The van der Waals surface area contributed by atoms with Crippen LogP contribution in [0, 0.1) is 0 Å². The van der Waals surface area contributed by atoms with Crippen molar-refractivity contribution in [2.24, 2.45) is 0 Å². The number of sulfonamides is 1. The third kappa shape index (κ3) is 4.20. The zero-order valence-electron chi connectivity index (χ0n) is 15.1. The van der Waals surface area contributed by atoms with E-state index in [-0.39, 0.29) is 16.9 Å². The molecular formula is C20H22N2O2S2. The molecule has 0 aliphatic carbocycles. The minimum atomic E-state index is -3.58.